The van der Waals surface area contributed by atoms with E-state index in [4.69, 9.17) is 0 Å². The van der Waals surface area contributed by atoms with Crippen LogP contribution in [-0.4, -0.2) is 43.3 Å². The molecule has 0 spiro atoms. The van der Waals surface area contributed by atoms with Gasteiger partial charge in [0.1, 0.15) is 5.82 Å². The van der Waals surface area contributed by atoms with Crippen LogP contribution in [0.5, 0.6) is 0 Å². The van der Waals surface area contributed by atoms with E-state index < -0.39 is 0 Å². The zero-order valence-corrected chi connectivity index (χ0v) is 16.4. The highest BCUT2D eigenvalue weighted by Gasteiger charge is 2.23. The van der Waals surface area contributed by atoms with Gasteiger partial charge in [0.15, 0.2) is 5.82 Å². The Balaban J connectivity index is 1.57. The first kappa shape index (κ1) is 18.4. The molecule has 0 atom stereocenters. The number of aryl methyl sites for hydroxylation is 2. The van der Waals surface area contributed by atoms with Crippen molar-refractivity contribution in [2.45, 2.75) is 32.6 Å². The molecule has 0 aliphatic carbocycles. The third-order valence-corrected chi connectivity index (χ3v) is 5.26. The molecule has 3 aromatic rings. The van der Waals surface area contributed by atoms with Gasteiger partial charge in [0.25, 0.3) is 5.91 Å². The molecule has 8 heteroatoms. The van der Waals surface area contributed by atoms with E-state index in [9.17, 15) is 4.79 Å². The van der Waals surface area contributed by atoms with E-state index in [1.807, 2.05) is 49.7 Å². The molecule has 1 amide bonds. The number of hydrogen-bond donors (Lipinski definition) is 2. The van der Waals surface area contributed by atoms with Crippen molar-refractivity contribution in [3.05, 3.63) is 53.2 Å². The molecule has 0 bridgehead atoms. The Kier molecular flexibility index (Phi) is 4.95. The molecule has 1 saturated heterocycles. The summed E-state index contributed by atoms with van der Waals surface area (Å²) in [5.41, 5.74) is 2.40. The summed E-state index contributed by atoms with van der Waals surface area (Å²) in [7, 11) is 1.81. The number of carbonyl (C=O) groups excluding carboxylic acids is 1. The lowest BCUT2D eigenvalue weighted by Gasteiger charge is -2.19. The molecule has 3 aromatic heterocycles. The number of pyridine rings is 1. The predicted molar refractivity (Wildman–Crippen MR) is 107 cm³/mol. The maximum Gasteiger partial charge on any atom is 0.259 e. The Morgan fingerprint density at radius 1 is 1.25 bits per heavy atom. The third-order valence-electron chi connectivity index (χ3n) is 5.26. The van der Waals surface area contributed by atoms with Gasteiger partial charge in [-0.25, -0.2) is 9.67 Å². The smallest absolute Gasteiger partial charge is 0.259 e. The highest BCUT2D eigenvalue weighted by molar-refractivity contribution is 6.04. The summed E-state index contributed by atoms with van der Waals surface area (Å²) in [6, 6.07) is 7.61. The van der Waals surface area contributed by atoms with Gasteiger partial charge in [-0.2, -0.15) is 10.1 Å². The molecule has 28 heavy (non-hydrogen) atoms. The highest BCUT2D eigenvalue weighted by Crippen LogP contribution is 2.24. The molecule has 0 radical (unpaired) electrons. The average Bonchev–Trinajstić information content (AvgIpc) is 3.22. The molecule has 2 N–H and O–H groups in total. The maximum atomic E-state index is 12.9. The van der Waals surface area contributed by atoms with Crippen LogP contribution in [0.15, 0.2) is 30.5 Å². The summed E-state index contributed by atoms with van der Waals surface area (Å²) in [5.74, 6) is 2.22. The second kappa shape index (κ2) is 7.55. The van der Waals surface area contributed by atoms with Crippen LogP contribution < -0.4 is 10.6 Å². The van der Waals surface area contributed by atoms with Crippen molar-refractivity contribution >= 4 is 11.9 Å². The van der Waals surface area contributed by atoms with Gasteiger partial charge < -0.3 is 9.88 Å². The summed E-state index contributed by atoms with van der Waals surface area (Å²) in [5, 5.41) is 10.8. The first-order valence-electron chi connectivity index (χ1n) is 9.58. The minimum absolute atomic E-state index is 0.192. The highest BCUT2D eigenvalue weighted by atomic mass is 16.1. The van der Waals surface area contributed by atoms with Crippen LogP contribution in [0.1, 0.15) is 46.3 Å². The monoisotopic (exact) mass is 379 g/mol. The molecule has 0 aromatic carbocycles. The Hall–Kier alpha value is -3.00. The molecule has 1 aliphatic heterocycles. The maximum absolute atomic E-state index is 12.9. The van der Waals surface area contributed by atoms with Gasteiger partial charge in [-0.05, 0) is 58.0 Å². The van der Waals surface area contributed by atoms with Crippen molar-refractivity contribution in [3.63, 3.8) is 0 Å². The van der Waals surface area contributed by atoms with Crippen LogP contribution >= 0.6 is 0 Å². The van der Waals surface area contributed by atoms with Crippen molar-refractivity contribution in [1.82, 2.24) is 29.6 Å². The number of rotatable bonds is 4. The normalized spacial score (nSPS) is 15.0. The molecule has 1 aliphatic rings. The van der Waals surface area contributed by atoms with Gasteiger partial charge in [0.05, 0.1) is 5.56 Å². The van der Waals surface area contributed by atoms with Crippen LogP contribution in [0.25, 0.3) is 5.82 Å². The molecule has 4 rings (SSSR count). The van der Waals surface area contributed by atoms with E-state index >= 15 is 0 Å². The summed E-state index contributed by atoms with van der Waals surface area (Å²) in [6.07, 6.45) is 3.78. The van der Waals surface area contributed by atoms with E-state index in [1.54, 1.807) is 10.9 Å². The topological polar surface area (TPSA) is 89.7 Å². The van der Waals surface area contributed by atoms with Crippen molar-refractivity contribution < 1.29 is 4.79 Å². The van der Waals surface area contributed by atoms with Gasteiger partial charge in [-0.15, -0.1) is 0 Å². The molecule has 1 fully saturated rings. The van der Waals surface area contributed by atoms with Crippen LogP contribution in [0.2, 0.25) is 0 Å². The standard InChI is InChI=1S/C20H25N7O/c1-13-12-16(14(2)27(13)17-6-4-5-9-22-17)19(28)24-20-23-18(25-26(20)3)15-7-10-21-11-8-15/h4-6,9,12,15,21H,7-8,10-11H2,1-3H3,(H,23,24,25,28). The van der Waals surface area contributed by atoms with Crippen molar-refractivity contribution in [2.24, 2.45) is 7.05 Å². The lowest BCUT2D eigenvalue weighted by Crippen LogP contribution is -2.27. The summed E-state index contributed by atoms with van der Waals surface area (Å²) in [4.78, 5) is 21.9. The molecule has 0 unspecified atom stereocenters. The number of hydrogen-bond acceptors (Lipinski definition) is 5. The zero-order chi connectivity index (χ0) is 19.7. The SMILES string of the molecule is Cc1cc(C(=O)Nc2nc(C3CCNCC3)nn2C)c(C)n1-c1ccccn1. The first-order chi connectivity index (χ1) is 13.5. The number of piperidine rings is 1. The number of anilines is 1. The van der Waals surface area contributed by atoms with Crippen molar-refractivity contribution in [1.29, 1.82) is 0 Å². The quantitative estimate of drug-likeness (QED) is 0.726. The van der Waals surface area contributed by atoms with Crippen LogP contribution in [0.3, 0.4) is 0 Å². The number of nitrogens with one attached hydrogen (secondary N) is 2. The van der Waals surface area contributed by atoms with E-state index in [0.29, 0.717) is 17.4 Å². The Bertz CT molecular complexity index is 984. The zero-order valence-electron chi connectivity index (χ0n) is 16.4. The van der Waals surface area contributed by atoms with Gasteiger partial charge in [0.2, 0.25) is 5.95 Å². The van der Waals surface area contributed by atoms with Gasteiger partial charge in [-0.3, -0.25) is 10.1 Å². The predicted octanol–water partition coefficient (Wildman–Crippen LogP) is 2.34. The fourth-order valence-corrected chi connectivity index (χ4v) is 3.77. The van der Waals surface area contributed by atoms with E-state index in [2.05, 4.69) is 25.7 Å². The van der Waals surface area contributed by atoms with Gasteiger partial charge >= 0.3 is 0 Å². The van der Waals surface area contributed by atoms with E-state index in [-0.39, 0.29) is 5.91 Å². The van der Waals surface area contributed by atoms with Crippen molar-refractivity contribution in [2.75, 3.05) is 18.4 Å². The van der Waals surface area contributed by atoms with Crippen molar-refractivity contribution in [3.8, 4) is 5.82 Å². The second-order valence-corrected chi connectivity index (χ2v) is 7.20. The Morgan fingerprint density at radius 3 is 2.75 bits per heavy atom. The van der Waals surface area contributed by atoms with Gasteiger partial charge in [-0.1, -0.05) is 6.07 Å². The number of aromatic nitrogens is 5. The number of nitrogens with zero attached hydrogens (tertiary/aromatic N) is 5. The fraction of sp³-hybridized carbons (Fsp3) is 0.400. The molecule has 8 nitrogen and oxygen atoms in total. The molecular weight excluding hydrogens is 354 g/mol. The van der Waals surface area contributed by atoms with Crippen LogP contribution in [-0.2, 0) is 7.05 Å². The number of carbonyl (C=O) groups is 1. The minimum Gasteiger partial charge on any atom is -0.317 e. The summed E-state index contributed by atoms with van der Waals surface area (Å²) < 4.78 is 3.62. The lowest BCUT2D eigenvalue weighted by atomic mass is 9.98. The Morgan fingerprint density at radius 2 is 2.04 bits per heavy atom. The third kappa shape index (κ3) is 3.43. The molecule has 146 valence electrons. The second-order valence-electron chi connectivity index (χ2n) is 7.20. The van der Waals surface area contributed by atoms with Crippen LogP contribution in [0, 0.1) is 13.8 Å². The summed E-state index contributed by atoms with van der Waals surface area (Å²) >= 11 is 0. The van der Waals surface area contributed by atoms with E-state index in [0.717, 1.165) is 49.0 Å². The van der Waals surface area contributed by atoms with Crippen LogP contribution in [0.4, 0.5) is 5.95 Å². The number of amides is 1. The average molecular weight is 379 g/mol. The first-order valence-corrected chi connectivity index (χ1v) is 9.58. The summed E-state index contributed by atoms with van der Waals surface area (Å²) in [6.45, 7) is 5.85. The molecule has 4 heterocycles. The molecular formula is C20H25N7O. The fourth-order valence-electron chi connectivity index (χ4n) is 3.77. The minimum atomic E-state index is -0.192. The largest absolute Gasteiger partial charge is 0.317 e. The van der Waals surface area contributed by atoms with Gasteiger partial charge in [0, 0.05) is 30.6 Å². The Labute approximate surface area is 164 Å². The van der Waals surface area contributed by atoms with E-state index in [1.165, 1.54) is 0 Å². The lowest BCUT2D eigenvalue weighted by molar-refractivity contribution is 0.102. The molecule has 0 saturated carbocycles.